The number of hydrogen-bond acceptors (Lipinski definition) is 3. The maximum absolute atomic E-state index is 8.61. The second-order valence-electron chi connectivity index (χ2n) is 2.33. The lowest BCUT2D eigenvalue weighted by Gasteiger charge is -2.03. The molecule has 0 aromatic carbocycles. The standard InChI is InChI=1S/C8H8ClN3/c1-2-5-3-7(9)12-6(4-10)8(5)11/h3H,2,11H2,1H3. The van der Waals surface area contributed by atoms with Gasteiger partial charge in [-0.3, -0.25) is 0 Å². The number of anilines is 1. The lowest BCUT2D eigenvalue weighted by molar-refractivity contribution is 1.11. The Labute approximate surface area is 75.8 Å². The number of nitrogens with zero attached hydrogens (tertiary/aromatic N) is 2. The minimum atomic E-state index is 0.208. The van der Waals surface area contributed by atoms with Crippen LogP contribution in [-0.2, 0) is 6.42 Å². The molecule has 4 heteroatoms. The van der Waals surface area contributed by atoms with Crippen LogP contribution in [0.25, 0.3) is 0 Å². The Kier molecular flexibility index (Phi) is 2.51. The Hall–Kier alpha value is -1.27. The Morgan fingerprint density at radius 1 is 1.75 bits per heavy atom. The minimum Gasteiger partial charge on any atom is -0.396 e. The predicted molar refractivity (Wildman–Crippen MR) is 47.8 cm³/mol. The summed E-state index contributed by atoms with van der Waals surface area (Å²) in [6, 6.07) is 3.57. The second-order valence-corrected chi connectivity index (χ2v) is 2.72. The molecule has 0 fully saturated rings. The number of nitriles is 1. The highest BCUT2D eigenvalue weighted by Gasteiger charge is 2.06. The fourth-order valence-electron chi connectivity index (χ4n) is 0.951. The summed E-state index contributed by atoms with van der Waals surface area (Å²) in [4.78, 5) is 3.78. The van der Waals surface area contributed by atoms with Crippen LogP contribution in [0.3, 0.4) is 0 Å². The van der Waals surface area contributed by atoms with Crippen molar-refractivity contribution in [2.24, 2.45) is 0 Å². The van der Waals surface area contributed by atoms with Gasteiger partial charge in [0.2, 0.25) is 0 Å². The molecule has 0 aliphatic rings. The topological polar surface area (TPSA) is 62.7 Å². The third-order valence-corrected chi connectivity index (χ3v) is 1.79. The molecule has 0 amide bonds. The number of rotatable bonds is 1. The van der Waals surface area contributed by atoms with Gasteiger partial charge in [0.1, 0.15) is 11.2 Å². The number of aryl methyl sites for hydroxylation is 1. The largest absolute Gasteiger partial charge is 0.396 e. The lowest BCUT2D eigenvalue weighted by Crippen LogP contribution is -1.99. The highest BCUT2D eigenvalue weighted by Crippen LogP contribution is 2.19. The quantitative estimate of drug-likeness (QED) is 0.672. The summed E-state index contributed by atoms with van der Waals surface area (Å²) < 4.78 is 0. The Bertz CT molecular complexity index is 341. The van der Waals surface area contributed by atoms with Crippen molar-refractivity contribution in [3.05, 3.63) is 22.5 Å². The fraction of sp³-hybridized carbons (Fsp3) is 0.250. The molecule has 62 valence electrons. The molecule has 0 spiro atoms. The second kappa shape index (κ2) is 3.42. The van der Waals surface area contributed by atoms with E-state index in [1.54, 1.807) is 6.07 Å². The SMILES string of the molecule is CCc1cc(Cl)nc(C#N)c1N. The van der Waals surface area contributed by atoms with E-state index >= 15 is 0 Å². The van der Waals surface area contributed by atoms with Crippen LogP contribution in [0, 0.1) is 11.3 Å². The van der Waals surface area contributed by atoms with Crippen LogP contribution < -0.4 is 5.73 Å². The molecule has 1 aromatic rings. The molecule has 0 atom stereocenters. The van der Waals surface area contributed by atoms with Crippen LogP contribution in [0.2, 0.25) is 5.15 Å². The van der Waals surface area contributed by atoms with Gasteiger partial charge >= 0.3 is 0 Å². The first-order chi connectivity index (χ1) is 5.69. The van der Waals surface area contributed by atoms with Crippen LogP contribution in [-0.4, -0.2) is 4.98 Å². The number of nitrogen functional groups attached to an aromatic ring is 1. The number of halogens is 1. The Morgan fingerprint density at radius 2 is 2.42 bits per heavy atom. The van der Waals surface area contributed by atoms with Crippen molar-refractivity contribution in [2.75, 3.05) is 5.73 Å². The van der Waals surface area contributed by atoms with Crippen LogP contribution in [0.1, 0.15) is 18.2 Å². The summed E-state index contributed by atoms with van der Waals surface area (Å²) >= 11 is 5.66. The number of nitrogens with two attached hydrogens (primary N) is 1. The number of hydrogen-bond donors (Lipinski definition) is 1. The first kappa shape index (κ1) is 8.82. The molecular weight excluding hydrogens is 174 g/mol. The average Bonchev–Trinajstić information content (AvgIpc) is 2.08. The maximum atomic E-state index is 8.61. The van der Waals surface area contributed by atoms with Gasteiger partial charge < -0.3 is 5.73 Å². The first-order valence-corrected chi connectivity index (χ1v) is 3.91. The van der Waals surface area contributed by atoms with Gasteiger partial charge in [0, 0.05) is 0 Å². The first-order valence-electron chi connectivity index (χ1n) is 3.54. The molecule has 12 heavy (non-hydrogen) atoms. The normalized spacial score (nSPS) is 9.42. The third-order valence-electron chi connectivity index (χ3n) is 1.60. The molecule has 0 bridgehead atoms. The summed E-state index contributed by atoms with van der Waals surface area (Å²) in [5.41, 5.74) is 7.14. The third kappa shape index (κ3) is 1.49. The zero-order valence-electron chi connectivity index (χ0n) is 6.63. The molecule has 0 aliphatic carbocycles. The van der Waals surface area contributed by atoms with E-state index in [1.807, 2.05) is 13.0 Å². The van der Waals surface area contributed by atoms with Crippen molar-refractivity contribution in [1.82, 2.24) is 4.98 Å². The average molecular weight is 182 g/mol. The maximum Gasteiger partial charge on any atom is 0.165 e. The van der Waals surface area contributed by atoms with Gasteiger partial charge in [0.15, 0.2) is 5.69 Å². The summed E-state index contributed by atoms with van der Waals surface area (Å²) in [5, 5.41) is 8.93. The molecule has 1 heterocycles. The van der Waals surface area contributed by atoms with Crippen molar-refractivity contribution < 1.29 is 0 Å². The van der Waals surface area contributed by atoms with E-state index in [0.717, 1.165) is 12.0 Å². The van der Waals surface area contributed by atoms with Gasteiger partial charge in [-0.2, -0.15) is 5.26 Å². The summed E-state index contributed by atoms with van der Waals surface area (Å²) in [5.74, 6) is 0. The van der Waals surface area contributed by atoms with E-state index < -0.39 is 0 Å². The highest BCUT2D eigenvalue weighted by atomic mass is 35.5. The molecule has 0 unspecified atom stereocenters. The van der Waals surface area contributed by atoms with Crippen LogP contribution >= 0.6 is 11.6 Å². The van der Waals surface area contributed by atoms with Gasteiger partial charge in [0.05, 0.1) is 5.69 Å². The molecule has 3 nitrogen and oxygen atoms in total. The van der Waals surface area contributed by atoms with Crippen molar-refractivity contribution >= 4 is 17.3 Å². The number of pyridine rings is 1. The van der Waals surface area contributed by atoms with Crippen LogP contribution in [0.5, 0.6) is 0 Å². The molecule has 0 aliphatic heterocycles. The molecule has 0 saturated heterocycles. The van der Waals surface area contributed by atoms with Gasteiger partial charge in [-0.15, -0.1) is 0 Å². The highest BCUT2D eigenvalue weighted by molar-refractivity contribution is 6.29. The molecular formula is C8H8ClN3. The van der Waals surface area contributed by atoms with Crippen LogP contribution in [0.15, 0.2) is 6.07 Å². The fourth-order valence-corrected chi connectivity index (χ4v) is 1.17. The Balaban J connectivity index is 3.34. The van der Waals surface area contributed by atoms with Crippen molar-refractivity contribution in [2.45, 2.75) is 13.3 Å². The monoisotopic (exact) mass is 181 g/mol. The van der Waals surface area contributed by atoms with Gasteiger partial charge in [-0.1, -0.05) is 18.5 Å². The van der Waals surface area contributed by atoms with E-state index in [4.69, 9.17) is 22.6 Å². The van der Waals surface area contributed by atoms with Gasteiger partial charge in [0.25, 0.3) is 0 Å². The van der Waals surface area contributed by atoms with Crippen molar-refractivity contribution in [1.29, 1.82) is 5.26 Å². The van der Waals surface area contributed by atoms with Crippen LogP contribution in [0.4, 0.5) is 5.69 Å². The smallest absolute Gasteiger partial charge is 0.165 e. The predicted octanol–water partition coefficient (Wildman–Crippen LogP) is 1.75. The summed E-state index contributed by atoms with van der Waals surface area (Å²) in [6.45, 7) is 1.95. The van der Waals surface area contributed by atoms with Gasteiger partial charge in [-0.05, 0) is 18.1 Å². The number of aromatic nitrogens is 1. The van der Waals surface area contributed by atoms with Crippen molar-refractivity contribution in [3.63, 3.8) is 0 Å². The zero-order chi connectivity index (χ0) is 9.14. The van der Waals surface area contributed by atoms with E-state index in [-0.39, 0.29) is 5.69 Å². The molecule has 2 N–H and O–H groups in total. The van der Waals surface area contributed by atoms with E-state index in [1.165, 1.54) is 0 Å². The van der Waals surface area contributed by atoms with Crippen molar-refractivity contribution in [3.8, 4) is 6.07 Å². The molecule has 0 radical (unpaired) electrons. The molecule has 1 rings (SSSR count). The van der Waals surface area contributed by atoms with Gasteiger partial charge in [-0.25, -0.2) is 4.98 Å². The Morgan fingerprint density at radius 3 is 2.92 bits per heavy atom. The van der Waals surface area contributed by atoms with E-state index in [2.05, 4.69) is 4.98 Å². The summed E-state index contributed by atoms with van der Waals surface area (Å²) in [7, 11) is 0. The van der Waals surface area contributed by atoms with E-state index in [0.29, 0.717) is 10.8 Å². The lowest BCUT2D eigenvalue weighted by atomic mass is 10.1. The van der Waals surface area contributed by atoms with E-state index in [9.17, 15) is 0 Å². The molecule has 0 saturated carbocycles. The minimum absolute atomic E-state index is 0.208. The summed E-state index contributed by atoms with van der Waals surface area (Å²) in [6.07, 6.45) is 0.753. The molecule has 1 aromatic heterocycles. The zero-order valence-corrected chi connectivity index (χ0v) is 7.39.